The van der Waals surface area contributed by atoms with Crippen molar-refractivity contribution in [1.29, 1.82) is 0 Å². The highest BCUT2D eigenvalue weighted by Gasteiger charge is 2.09. The van der Waals surface area contributed by atoms with Gasteiger partial charge in [0.2, 0.25) is 0 Å². The molecule has 0 atom stereocenters. The highest BCUT2D eigenvalue weighted by atomic mass is 35.5. The van der Waals surface area contributed by atoms with Crippen LogP contribution >= 0.6 is 11.6 Å². The summed E-state index contributed by atoms with van der Waals surface area (Å²) in [6.45, 7) is 4.82. The first-order valence-corrected chi connectivity index (χ1v) is 5.15. The maximum Gasteiger partial charge on any atom is 0.0412 e. The molecule has 78 valence electrons. The van der Waals surface area contributed by atoms with Crippen LogP contribution in [-0.4, -0.2) is 13.1 Å². The molecule has 0 bridgehead atoms. The van der Waals surface area contributed by atoms with E-state index in [2.05, 4.69) is 25.8 Å². The van der Waals surface area contributed by atoms with Crippen molar-refractivity contribution in [3.8, 4) is 0 Å². The molecule has 2 nitrogen and oxygen atoms in total. The molecule has 0 aromatic heterocycles. The van der Waals surface area contributed by atoms with Crippen molar-refractivity contribution in [2.75, 3.05) is 11.9 Å². The third kappa shape index (κ3) is 2.40. The number of anilines is 1. The first-order chi connectivity index (χ1) is 6.56. The van der Waals surface area contributed by atoms with Crippen molar-refractivity contribution in [3.63, 3.8) is 0 Å². The van der Waals surface area contributed by atoms with E-state index in [0.29, 0.717) is 12.6 Å². The zero-order valence-corrected chi connectivity index (χ0v) is 9.67. The van der Waals surface area contributed by atoms with Crippen LogP contribution in [0.4, 0.5) is 5.69 Å². The molecule has 1 aromatic rings. The molecule has 2 N–H and O–H groups in total. The Labute approximate surface area is 90.7 Å². The van der Waals surface area contributed by atoms with Crippen molar-refractivity contribution in [1.82, 2.24) is 0 Å². The normalized spacial score (nSPS) is 10.7. The second kappa shape index (κ2) is 4.67. The minimum absolute atomic E-state index is 0.460. The molecule has 0 radical (unpaired) electrons. The first-order valence-electron chi connectivity index (χ1n) is 4.77. The summed E-state index contributed by atoms with van der Waals surface area (Å²) in [4.78, 5) is 2.19. The Morgan fingerprint density at radius 3 is 2.57 bits per heavy atom. The highest BCUT2D eigenvalue weighted by molar-refractivity contribution is 6.30. The smallest absolute Gasteiger partial charge is 0.0412 e. The van der Waals surface area contributed by atoms with E-state index in [0.717, 1.165) is 16.3 Å². The molecule has 3 heteroatoms. The Hall–Kier alpha value is -0.730. The van der Waals surface area contributed by atoms with Crippen LogP contribution in [0.15, 0.2) is 18.2 Å². The molecule has 0 fully saturated rings. The molecule has 0 heterocycles. The lowest BCUT2D eigenvalue weighted by Crippen LogP contribution is -2.27. The second-order valence-electron chi connectivity index (χ2n) is 3.68. The second-order valence-corrected chi connectivity index (χ2v) is 4.12. The molecule has 1 aromatic carbocycles. The summed E-state index contributed by atoms with van der Waals surface area (Å²) in [5, 5.41) is 0.742. The van der Waals surface area contributed by atoms with E-state index in [1.54, 1.807) is 0 Å². The van der Waals surface area contributed by atoms with Gasteiger partial charge in [-0.05, 0) is 37.6 Å². The Kier molecular flexibility index (Phi) is 3.78. The Balaban J connectivity index is 3.07. The van der Waals surface area contributed by atoms with Crippen LogP contribution in [0.2, 0.25) is 5.02 Å². The summed E-state index contributed by atoms with van der Waals surface area (Å²) in [6.07, 6.45) is 0. The SMILES string of the molecule is CC(C)N(C)c1ccc(Cl)cc1CN. The molecule has 0 aliphatic carbocycles. The van der Waals surface area contributed by atoms with Crippen LogP contribution in [0.3, 0.4) is 0 Å². The minimum atomic E-state index is 0.460. The van der Waals surface area contributed by atoms with E-state index in [4.69, 9.17) is 17.3 Å². The van der Waals surface area contributed by atoms with Crippen molar-refractivity contribution < 1.29 is 0 Å². The van der Waals surface area contributed by atoms with Crippen molar-refractivity contribution >= 4 is 17.3 Å². The number of benzene rings is 1. The quantitative estimate of drug-likeness (QED) is 0.835. The van der Waals surface area contributed by atoms with Gasteiger partial charge in [-0.2, -0.15) is 0 Å². The number of nitrogens with two attached hydrogens (primary N) is 1. The average molecular weight is 213 g/mol. The maximum atomic E-state index is 5.91. The third-order valence-corrected chi connectivity index (χ3v) is 2.65. The van der Waals surface area contributed by atoms with E-state index in [1.165, 1.54) is 0 Å². The summed E-state index contributed by atoms with van der Waals surface area (Å²) < 4.78 is 0. The summed E-state index contributed by atoms with van der Waals surface area (Å²) in [5.74, 6) is 0. The lowest BCUT2D eigenvalue weighted by molar-refractivity contribution is 0.749. The molecule has 0 amide bonds. The van der Waals surface area contributed by atoms with Gasteiger partial charge in [-0.1, -0.05) is 11.6 Å². The van der Waals surface area contributed by atoms with Crippen LogP contribution in [0.1, 0.15) is 19.4 Å². The van der Waals surface area contributed by atoms with E-state index >= 15 is 0 Å². The Bertz CT molecular complexity index is 310. The molecule has 1 rings (SSSR count). The fourth-order valence-corrected chi connectivity index (χ4v) is 1.53. The van der Waals surface area contributed by atoms with Crippen molar-refractivity contribution in [2.45, 2.75) is 26.4 Å². The third-order valence-electron chi connectivity index (χ3n) is 2.42. The highest BCUT2D eigenvalue weighted by Crippen LogP contribution is 2.24. The van der Waals surface area contributed by atoms with E-state index in [9.17, 15) is 0 Å². The van der Waals surface area contributed by atoms with Gasteiger partial charge in [-0.25, -0.2) is 0 Å². The maximum absolute atomic E-state index is 5.91. The largest absolute Gasteiger partial charge is 0.372 e. The molecule has 0 unspecified atom stereocenters. The van der Waals surface area contributed by atoms with E-state index in [1.807, 2.05) is 18.2 Å². The number of nitrogens with zero attached hydrogens (tertiary/aromatic N) is 1. The van der Waals surface area contributed by atoms with Crippen LogP contribution in [0.5, 0.6) is 0 Å². The van der Waals surface area contributed by atoms with Gasteiger partial charge in [0.25, 0.3) is 0 Å². The molecule has 0 aliphatic heterocycles. The lowest BCUT2D eigenvalue weighted by Gasteiger charge is -2.26. The number of hydrogen-bond acceptors (Lipinski definition) is 2. The number of halogens is 1. The van der Waals surface area contributed by atoms with Crippen LogP contribution < -0.4 is 10.6 Å². The molecule has 0 saturated carbocycles. The fourth-order valence-electron chi connectivity index (χ4n) is 1.34. The molecule has 0 spiro atoms. The van der Waals surface area contributed by atoms with Crippen LogP contribution in [0.25, 0.3) is 0 Å². The summed E-state index contributed by atoms with van der Waals surface area (Å²) in [7, 11) is 2.06. The molecule has 14 heavy (non-hydrogen) atoms. The number of rotatable bonds is 3. The molecular weight excluding hydrogens is 196 g/mol. The zero-order valence-electron chi connectivity index (χ0n) is 8.92. The summed E-state index contributed by atoms with van der Waals surface area (Å²) in [5.41, 5.74) is 7.92. The summed E-state index contributed by atoms with van der Waals surface area (Å²) >= 11 is 5.91. The van der Waals surface area contributed by atoms with Crippen LogP contribution in [0, 0.1) is 0 Å². The van der Waals surface area contributed by atoms with Gasteiger partial charge < -0.3 is 10.6 Å². The summed E-state index contributed by atoms with van der Waals surface area (Å²) in [6, 6.07) is 6.30. The van der Waals surface area contributed by atoms with Gasteiger partial charge in [0.15, 0.2) is 0 Å². The van der Waals surface area contributed by atoms with E-state index < -0.39 is 0 Å². The fraction of sp³-hybridized carbons (Fsp3) is 0.455. The van der Waals surface area contributed by atoms with Crippen LogP contribution in [-0.2, 0) is 6.54 Å². The lowest BCUT2D eigenvalue weighted by atomic mass is 10.1. The zero-order chi connectivity index (χ0) is 10.7. The predicted octanol–water partition coefficient (Wildman–Crippen LogP) is 2.64. The predicted molar refractivity (Wildman–Crippen MR) is 62.9 cm³/mol. The van der Waals surface area contributed by atoms with Gasteiger partial charge in [-0.3, -0.25) is 0 Å². The Morgan fingerprint density at radius 1 is 1.43 bits per heavy atom. The van der Waals surface area contributed by atoms with Gasteiger partial charge >= 0.3 is 0 Å². The Morgan fingerprint density at radius 2 is 2.07 bits per heavy atom. The average Bonchev–Trinajstić information content (AvgIpc) is 2.16. The number of hydrogen-bond donors (Lipinski definition) is 1. The van der Waals surface area contributed by atoms with Gasteiger partial charge in [0.1, 0.15) is 0 Å². The minimum Gasteiger partial charge on any atom is -0.372 e. The monoisotopic (exact) mass is 212 g/mol. The molecule has 0 aliphatic rings. The molecular formula is C11H17ClN2. The standard InChI is InChI=1S/C11H17ClN2/c1-8(2)14(3)11-5-4-10(12)6-9(11)7-13/h4-6,8H,7,13H2,1-3H3. The van der Waals surface area contributed by atoms with E-state index in [-0.39, 0.29) is 0 Å². The topological polar surface area (TPSA) is 29.3 Å². The first kappa shape index (κ1) is 11.3. The van der Waals surface area contributed by atoms with Gasteiger partial charge in [-0.15, -0.1) is 0 Å². The van der Waals surface area contributed by atoms with Gasteiger partial charge in [0.05, 0.1) is 0 Å². The van der Waals surface area contributed by atoms with Gasteiger partial charge in [0, 0.05) is 30.3 Å². The van der Waals surface area contributed by atoms with Crippen molar-refractivity contribution in [2.24, 2.45) is 5.73 Å². The molecule has 0 saturated heterocycles. The van der Waals surface area contributed by atoms with Crippen molar-refractivity contribution in [3.05, 3.63) is 28.8 Å².